The third-order valence-corrected chi connectivity index (χ3v) is 14.7. The van der Waals surface area contributed by atoms with Crippen molar-refractivity contribution in [3.8, 4) is 0 Å². The molecule has 3 aromatic rings. The van der Waals surface area contributed by atoms with E-state index in [9.17, 15) is 0 Å². The van der Waals surface area contributed by atoms with Gasteiger partial charge in [0.15, 0.2) is 0 Å². The summed E-state index contributed by atoms with van der Waals surface area (Å²) in [5.74, 6) is 0. The molecule has 2 heteroatoms. The van der Waals surface area contributed by atoms with Gasteiger partial charge in [0.25, 0.3) is 0 Å². The number of hydrogen-bond donors (Lipinski definition) is 0. The maximum atomic E-state index is 4.46. The molecule has 0 bridgehead atoms. The molecule has 0 aromatic heterocycles. The summed E-state index contributed by atoms with van der Waals surface area (Å²) in [7, 11) is 0. The van der Waals surface area contributed by atoms with Crippen LogP contribution in [0.3, 0.4) is 0 Å². The van der Waals surface area contributed by atoms with Crippen molar-refractivity contribution in [2.24, 2.45) is 0 Å². The predicted octanol–water partition coefficient (Wildman–Crippen LogP) is 6.74. The van der Waals surface area contributed by atoms with Crippen LogP contribution in [0.5, 0.6) is 0 Å². The summed E-state index contributed by atoms with van der Waals surface area (Å²) >= 11 is 4.46. The molecule has 0 fully saturated rings. The fourth-order valence-corrected chi connectivity index (χ4v) is 10.7. The standard InChI is InChI=1S/C26H28BrP/c1-2-3-4-5-6-16-23-28(27,24-17-10-7-11-18-24,25-19-12-8-13-20-25)26-21-14-9-15-22-26/h4-22H,2-3,23H2,1H3. The van der Waals surface area contributed by atoms with Crippen molar-refractivity contribution in [2.75, 3.05) is 6.16 Å². The fourth-order valence-electron chi connectivity index (χ4n) is 3.66. The maximum absolute atomic E-state index is 4.46. The van der Waals surface area contributed by atoms with Crippen LogP contribution in [0.4, 0.5) is 0 Å². The van der Waals surface area contributed by atoms with Crippen molar-refractivity contribution in [1.29, 1.82) is 0 Å². The zero-order valence-electron chi connectivity index (χ0n) is 16.4. The second-order valence-corrected chi connectivity index (χ2v) is 16.0. The molecule has 0 amide bonds. The van der Waals surface area contributed by atoms with Gasteiger partial charge < -0.3 is 0 Å². The number of allylic oxidation sites excluding steroid dienone is 4. The van der Waals surface area contributed by atoms with E-state index >= 15 is 0 Å². The monoisotopic (exact) mass is 450 g/mol. The Balaban J connectivity index is 2.22. The molecule has 0 N–H and O–H groups in total. The van der Waals surface area contributed by atoms with Gasteiger partial charge in [-0.2, -0.15) is 0 Å². The van der Waals surface area contributed by atoms with E-state index in [4.69, 9.17) is 0 Å². The van der Waals surface area contributed by atoms with Gasteiger partial charge in [-0.3, -0.25) is 0 Å². The van der Waals surface area contributed by atoms with Gasteiger partial charge in [-0.05, 0) is 0 Å². The first kappa shape index (κ1) is 20.8. The topological polar surface area (TPSA) is 0 Å². The summed E-state index contributed by atoms with van der Waals surface area (Å²) in [5, 5.41) is 1.25. The normalized spacial score (nSPS) is 13.6. The number of rotatable bonds is 8. The Kier molecular flexibility index (Phi) is 7.05. The van der Waals surface area contributed by atoms with Crippen LogP contribution >= 0.6 is 20.8 Å². The van der Waals surface area contributed by atoms with Crippen molar-refractivity contribution >= 4 is 36.7 Å². The summed E-state index contributed by atoms with van der Waals surface area (Å²) in [6.45, 7) is 2.21. The van der Waals surface area contributed by atoms with E-state index in [0.29, 0.717) is 0 Å². The summed E-state index contributed by atoms with van der Waals surface area (Å²) in [4.78, 5) is 0. The fraction of sp³-hybridized carbons (Fsp3) is 0.154. The molecule has 0 aliphatic carbocycles. The van der Waals surface area contributed by atoms with Crippen LogP contribution in [-0.2, 0) is 0 Å². The summed E-state index contributed by atoms with van der Waals surface area (Å²) in [5.41, 5.74) is 0. The van der Waals surface area contributed by atoms with Crippen LogP contribution in [0.2, 0.25) is 0 Å². The molecule has 0 saturated carbocycles. The van der Waals surface area contributed by atoms with Gasteiger partial charge in [-0.25, -0.2) is 0 Å². The molecule has 3 rings (SSSR count). The molecular formula is C26H28BrP. The van der Waals surface area contributed by atoms with E-state index in [2.05, 4.69) is 138 Å². The second-order valence-electron chi connectivity index (χ2n) is 7.02. The van der Waals surface area contributed by atoms with Crippen molar-refractivity contribution < 1.29 is 0 Å². The van der Waals surface area contributed by atoms with Crippen molar-refractivity contribution in [3.05, 3.63) is 115 Å². The van der Waals surface area contributed by atoms with Crippen molar-refractivity contribution in [2.45, 2.75) is 19.8 Å². The van der Waals surface area contributed by atoms with Crippen molar-refractivity contribution in [1.82, 2.24) is 0 Å². The number of benzene rings is 3. The Morgan fingerprint density at radius 1 is 0.643 bits per heavy atom. The Bertz CT molecular complexity index is 815. The van der Waals surface area contributed by atoms with Gasteiger partial charge in [0.2, 0.25) is 0 Å². The molecule has 0 heterocycles. The molecule has 0 aliphatic heterocycles. The molecule has 0 aliphatic rings. The first-order valence-corrected chi connectivity index (χ1v) is 14.4. The first-order valence-electron chi connectivity index (χ1n) is 9.91. The molecule has 144 valence electrons. The number of unbranched alkanes of at least 4 members (excludes halogenated alkanes) is 1. The minimum absolute atomic E-state index is 0.931. The Labute approximate surface area is 177 Å². The molecule has 28 heavy (non-hydrogen) atoms. The van der Waals surface area contributed by atoms with Crippen LogP contribution in [-0.4, -0.2) is 6.16 Å². The van der Waals surface area contributed by atoms with E-state index < -0.39 is 5.31 Å². The van der Waals surface area contributed by atoms with Crippen LogP contribution < -0.4 is 15.9 Å². The zero-order valence-corrected chi connectivity index (χ0v) is 18.9. The van der Waals surface area contributed by atoms with Gasteiger partial charge in [-0.1, -0.05) is 0 Å². The van der Waals surface area contributed by atoms with E-state index in [-0.39, 0.29) is 0 Å². The predicted molar refractivity (Wildman–Crippen MR) is 132 cm³/mol. The van der Waals surface area contributed by atoms with Crippen LogP contribution in [0.1, 0.15) is 19.8 Å². The zero-order chi connectivity index (χ0) is 19.7. The average molecular weight is 451 g/mol. The Hall–Kier alpha value is -1.95. The van der Waals surface area contributed by atoms with Crippen LogP contribution in [0.25, 0.3) is 0 Å². The molecule has 0 nitrogen and oxygen atoms in total. The second kappa shape index (κ2) is 9.50. The third-order valence-electron chi connectivity index (χ3n) is 5.17. The quantitative estimate of drug-likeness (QED) is 0.263. The first-order chi connectivity index (χ1) is 13.7. The molecule has 0 spiro atoms. The van der Waals surface area contributed by atoms with Gasteiger partial charge in [-0.15, -0.1) is 0 Å². The molecule has 0 radical (unpaired) electrons. The average Bonchev–Trinajstić information content (AvgIpc) is 2.78. The van der Waals surface area contributed by atoms with Gasteiger partial charge in [0, 0.05) is 0 Å². The number of halogens is 1. The third kappa shape index (κ3) is 4.07. The van der Waals surface area contributed by atoms with Crippen molar-refractivity contribution in [3.63, 3.8) is 0 Å². The minimum atomic E-state index is -2.81. The van der Waals surface area contributed by atoms with Gasteiger partial charge in [0.05, 0.1) is 0 Å². The van der Waals surface area contributed by atoms with E-state index in [1.807, 2.05) is 0 Å². The summed E-state index contributed by atoms with van der Waals surface area (Å²) < 4.78 is 0. The molecular weight excluding hydrogens is 423 g/mol. The van der Waals surface area contributed by atoms with Crippen LogP contribution in [0.15, 0.2) is 115 Å². The molecule has 0 saturated heterocycles. The van der Waals surface area contributed by atoms with E-state index in [1.165, 1.54) is 22.3 Å². The SMILES string of the molecule is CCCC=CC=CCP(Br)(c1ccccc1)(c1ccccc1)c1ccccc1. The van der Waals surface area contributed by atoms with Gasteiger partial charge >= 0.3 is 178 Å². The summed E-state index contributed by atoms with van der Waals surface area (Å²) in [6, 6.07) is 32.8. The molecule has 3 aromatic carbocycles. The van der Waals surface area contributed by atoms with Gasteiger partial charge in [0.1, 0.15) is 0 Å². The van der Waals surface area contributed by atoms with E-state index in [1.54, 1.807) is 0 Å². The Morgan fingerprint density at radius 2 is 1.04 bits per heavy atom. The molecule has 0 atom stereocenters. The number of hydrogen-bond acceptors (Lipinski definition) is 0. The molecule has 0 unspecified atom stereocenters. The summed E-state index contributed by atoms with van der Waals surface area (Å²) in [6.07, 6.45) is 12.2. The van der Waals surface area contributed by atoms with Crippen LogP contribution in [0, 0.1) is 0 Å². The Morgan fingerprint density at radius 3 is 1.43 bits per heavy atom. The van der Waals surface area contributed by atoms with E-state index in [0.717, 1.165) is 12.6 Å².